The van der Waals surface area contributed by atoms with Crippen LogP contribution in [0.4, 0.5) is 0 Å². The normalized spacial score (nSPS) is 10.8. The van der Waals surface area contributed by atoms with Crippen LogP contribution in [0.15, 0.2) is 79.1 Å². The number of amides is 1. The Morgan fingerprint density at radius 2 is 1.69 bits per heavy atom. The zero-order valence-electron chi connectivity index (χ0n) is 16.8. The fourth-order valence-electron chi connectivity index (χ4n) is 3.68. The Kier molecular flexibility index (Phi) is 5.39. The Morgan fingerprint density at radius 3 is 2.45 bits per heavy atom. The summed E-state index contributed by atoms with van der Waals surface area (Å²) >= 11 is 0. The summed E-state index contributed by atoms with van der Waals surface area (Å²) in [5.41, 5.74) is 6.61. The maximum Gasteiger partial charge on any atom is 0.251 e. The molecule has 4 aromatic rings. The van der Waals surface area contributed by atoms with Gasteiger partial charge >= 0.3 is 0 Å². The molecular weight excluding hydrogens is 356 g/mol. The molecule has 0 radical (unpaired) electrons. The third-order valence-electron chi connectivity index (χ3n) is 5.41. The van der Waals surface area contributed by atoms with Gasteiger partial charge < -0.3 is 5.32 Å². The number of nitrogens with one attached hydrogen (secondary N) is 1. The van der Waals surface area contributed by atoms with Crippen LogP contribution in [0.2, 0.25) is 0 Å². The Hall–Kier alpha value is -3.46. The molecule has 0 aliphatic heterocycles. The summed E-state index contributed by atoms with van der Waals surface area (Å²) in [5.74, 6) is -0.0623. The SMILES string of the molecule is CCc1ccc(C(=O)NCc2ccc(-c3ccccc3C)c3ccncc23)cc1. The number of aromatic nitrogens is 1. The highest BCUT2D eigenvalue weighted by atomic mass is 16.1. The van der Waals surface area contributed by atoms with E-state index >= 15 is 0 Å². The largest absolute Gasteiger partial charge is 0.348 e. The Bertz CT molecular complexity index is 1160. The number of nitrogens with zero attached hydrogens (tertiary/aromatic N) is 1. The van der Waals surface area contributed by atoms with E-state index in [1.807, 2.05) is 42.7 Å². The smallest absolute Gasteiger partial charge is 0.251 e. The second-order valence-electron chi connectivity index (χ2n) is 7.24. The van der Waals surface area contributed by atoms with Crippen LogP contribution < -0.4 is 5.32 Å². The number of fused-ring (bicyclic) bond motifs is 1. The number of rotatable bonds is 5. The minimum atomic E-state index is -0.0623. The van der Waals surface area contributed by atoms with Crippen molar-refractivity contribution in [2.45, 2.75) is 26.8 Å². The highest BCUT2D eigenvalue weighted by Crippen LogP contribution is 2.32. The summed E-state index contributed by atoms with van der Waals surface area (Å²) in [6.45, 7) is 4.69. The van der Waals surface area contributed by atoms with Crippen molar-refractivity contribution in [1.29, 1.82) is 0 Å². The molecule has 3 heteroatoms. The maximum absolute atomic E-state index is 12.6. The van der Waals surface area contributed by atoms with Gasteiger partial charge in [0.2, 0.25) is 0 Å². The lowest BCUT2D eigenvalue weighted by Crippen LogP contribution is -2.22. The molecule has 0 spiro atoms. The standard InChI is InChI=1S/C26H24N2O/c1-3-19-8-10-20(11-9-19)26(29)28-16-21-12-13-23(22-7-5-4-6-18(22)2)24-14-15-27-17-25(21)24/h4-15,17H,3,16H2,1-2H3,(H,28,29). The van der Waals surface area contributed by atoms with Gasteiger partial charge in [-0.25, -0.2) is 0 Å². The van der Waals surface area contributed by atoms with E-state index in [2.05, 4.69) is 60.5 Å². The number of aryl methyl sites for hydroxylation is 2. The molecule has 0 fully saturated rings. The third kappa shape index (κ3) is 3.90. The van der Waals surface area contributed by atoms with Crippen LogP contribution in [0, 0.1) is 6.92 Å². The van der Waals surface area contributed by atoms with Gasteiger partial charge in [0, 0.05) is 29.9 Å². The minimum Gasteiger partial charge on any atom is -0.348 e. The molecular formula is C26H24N2O. The van der Waals surface area contributed by atoms with Gasteiger partial charge in [-0.15, -0.1) is 0 Å². The number of carbonyl (C=O) groups excluding carboxylic acids is 1. The van der Waals surface area contributed by atoms with Crippen LogP contribution in [0.5, 0.6) is 0 Å². The first kappa shape index (κ1) is 18.9. The summed E-state index contributed by atoms with van der Waals surface area (Å²) < 4.78 is 0. The summed E-state index contributed by atoms with van der Waals surface area (Å²) in [6, 6.07) is 22.4. The molecule has 29 heavy (non-hydrogen) atoms. The molecule has 0 aliphatic carbocycles. The molecule has 1 aromatic heterocycles. The highest BCUT2D eigenvalue weighted by molar-refractivity contribution is 5.99. The molecule has 1 amide bonds. The fraction of sp³-hybridized carbons (Fsp3) is 0.154. The lowest BCUT2D eigenvalue weighted by atomic mass is 9.94. The van der Waals surface area contributed by atoms with Crippen molar-refractivity contribution in [2.75, 3.05) is 0 Å². The maximum atomic E-state index is 12.6. The van der Waals surface area contributed by atoms with Gasteiger partial charge in [0.15, 0.2) is 0 Å². The van der Waals surface area contributed by atoms with Crippen molar-refractivity contribution in [3.8, 4) is 11.1 Å². The molecule has 0 aliphatic rings. The molecule has 0 saturated heterocycles. The zero-order valence-corrected chi connectivity index (χ0v) is 16.8. The van der Waals surface area contributed by atoms with Gasteiger partial charge in [0.25, 0.3) is 5.91 Å². The van der Waals surface area contributed by atoms with E-state index in [9.17, 15) is 4.79 Å². The second-order valence-corrected chi connectivity index (χ2v) is 7.24. The van der Waals surface area contributed by atoms with E-state index in [4.69, 9.17) is 0 Å². The second kappa shape index (κ2) is 8.27. The molecule has 0 saturated carbocycles. The van der Waals surface area contributed by atoms with E-state index in [-0.39, 0.29) is 5.91 Å². The number of hydrogen-bond acceptors (Lipinski definition) is 2. The van der Waals surface area contributed by atoms with Crippen LogP contribution in [-0.2, 0) is 13.0 Å². The van der Waals surface area contributed by atoms with Crippen molar-refractivity contribution in [3.05, 3.63) is 101 Å². The Balaban J connectivity index is 1.62. The number of carbonyl (C=O) groups is 1. The Labute approximate surface area is 171 Å². The third-order valence-corrected chi connectivity index (χ3v) is 5.41. The topological polar surface area (TPSA) is 42.0 Å². The van der Waals surface area contributed by atoms with Crippen molar-refractivity contribution < 1.29 is 4.79 Å². The molecule has 0 atom stereocenters. The lowest BCUT2D eigenvalue weighted by Gasteiger charge is -2.13. The van der Waals surface area contributed by atoms with Crippen LogP contribution in [0.3, 0.4) is 0 Å². The van der Waals surface area contributed by atoms with Crippen molar-refractivity contribution in [2.24, 2.45) is 0 Å². The monoisotopic (exact) mass is 380 g/mol. The van der Waals surface area contributed by atoms with Gasteiger partial charge in [-0.1, -0.05) is 55.5 Å². The van der Waals surface area contributed by atoms with Crippen LogP contribution in [-0.4, -0.2) is 10.9 Å². The molecule has 144 valence electrons. The van der Waals surface area contributed by atoms with Gasteiger partial charge in [-0.05, 0) is 64.7 Å². The van der Waals surface area contributed by atoms with Crippen molar-refractivity contribution in [3.63, 3.8) is 0 Å². The molecule has 3 aromatic carbocycles. The first-order valence-electron chi connectivity index (χ1n) is 9.96. The number of benzene rings is 3. The zero-order chi connectivity index (χ0) is 20.2. The number of pyridine rings is 1. The molecule has 4 rings (SSSR count). The van der Waals surface area contributed by atoms with Crippen LogP contribution >= 0.6 is 0 Å². The molecule has 3 nitrogen and oxygen atoms in total. The van der Waals surface area contributed by atoms with E-state index < -0.39 is 0 Å². The highest BCUT2D eigenvalue weighted by Gasteiger charge is 2.11. The van der Waals surface area contributed by atoms with Crippen LogP contribution in [0.1, 0.15) is 34.0 Å². The van der Waals surface area contributed by atoms with Crippen molar-refractivity contribution >= 4 is 16.7 Å². The molecule has 0 bridgehead atoms. The van der Waals surface area contributed by atoms with Crippen LogP contribution in [0.25, 0.3) is 21.9 Å². The Morgan fingerprint density at radius 1 is 0.897 bits per heavy atom. The predicted octanol–water partition coefficient (Wildman–Crippen LogP) is 5.70. The summed E-state index contributed by atoms with van der Waals surface area (Å²) in [6.07, 6.45) is 4.67. The average Bonchev–Trinajstić information content (AvgIpc) is 2.78. The van der Waals surface area contributed by atoms with Crippen molar-refractivity contribution in [1.82, 2.24) is 10.3 Å². The van der Waals surface area contributed by atoms with E-state index in [1.165, 1.54) is 22.3 Å². The first-order valence-corrected chi connectivity index (χ1v) is 9.96. The van der Waals surface area contributed by atoms with E-state index in [1.54, 1.807) is 0 Å². The fourth-order valence-corrected chi connectivity index (χ4v) is 3.68. The van der Waals surface area contributed by atoms with Gasteiger partial charge in [0.05, 0.1) is 0 Å². The average molecular weight is 380 g/mol. The van der Waals surface area contributed by atoms with E-state index in [0.717, 1.165) is 22.8 Å². The molecule has 1 N–H and O–H groups in total. The molecule has 0 unspecified atom stereocenters. The summed E-state index contributed by atoms with van der Waals surface area (Å²) in [7, 11) is 0. The summed E-state index contributed by atoms with van der Waals surface area (Å²) in [4.78, 5) is 16.9. The van der Waals surface area contributed by atoms with Gasteiger partial charge in [-0.2, -0.15) is 0 Å². The lowest BCUT2D eigenvalue weighted by molar-refractivity contribution is 0.0951. The van der Waals surface area contributed by atoms with Gasteiger partial charge in [0.1, 0.15) is 0 Å². The minimum absolute atomic E-state index is 0.0623. The first-order chi connectivity index (χ1) is 14.2. The van der Waals surface area contributed by atoms with E-state index in [0.29, 0.717) is 12.1 Å². The van der Waals surface area contributed by atoms with Gasteiger partial charge in [-0.3, -0.25) is 9.78 Å². The summed E-state index contributed by atoms with van der Waals surface area (Å²) in [5, 5.41) is 5.26. The number of hydrogen-bond donors (Lipinski definition) is 1. The quantitative estimate of drug-likeness (QED) is 0.482. The molecule has 1 heterocycles. The predicted molar refractivity (Wildman–Crippen MR) is 119 cm³/mol.